The van der Waals surface area contributed by atoms with Crippen LogP contribution in [0.25, 0.3) is 0 Å². The number of hydrogen-bond donors (Lipinski definition) is 3. The molecule has 3 unspecified atom stereocenters. The van der Waals surface area contributed by atoms with Crippen LogP contribution in [0.15, 0.2) is 0 Å². The number of esters is 4. The van der Waals surface area contributed by atoms with Crippen LogP contribution in [0.4, 0.5) is 0 Å². The standard InChI is InChI=1S/C79H154O17P2/c1-9-72(8)58-50-42-37-38-44-52-60-77(82)90-66-75(96-78(83)61-53-45-35-29-22-17-13-11-10-12-15-19-25-31-39-47-55-69(2)3)68-94-98(87,88)92-64-73(80)63-91-97(85,86)93-67-74(95-79(84)62-54-46-36-30-24-23-27-33-41-49-57-71(6)7)65-89-76(81)59-51-43-34-28-21-18-14-16-20-26-32-40-48-56-70(4)5/h69-75,80H,9-68H2,1-8H3,(H,85,86)(H,87,88)/t72?,73-,74-,75-/m1/s1. The summed E-state index contributed by atoms with van der Waals surface area (Å²) < 4.78 is 68.6. The molecule has 0 aromatic rings. The van der Waals surface area contributed by atoms with E-state index in [1.165, 1.54) is 199 Å². The van der Waals surface area contributed by atoms with Gasteiger partial charge in [0.05, 0.1) is 26.4 Å². The fraction of sp³-hybridized carbons (Fsp3) is 0.949. The number of ether oxygens (including phenoxy) is 4. The Kier molecular flexibility index (Phi) is 66.8. The monoisotopic (exact) mass is 1440 g/mol. The molecule has 19 heteroatoms. The first-order chi connectivity index (χ1) is 47.1. The van der Waals surface area contributed by atoms with Gasteiger partial charge in [0.1, 0.15) is 19.3 Å². The average molecular weight is 1440 g/mol. The first kappa shape index (κ1) is 96.1. The van der Waals surface area contributed by atoms with E-state index < -0.39 is 97.5 Å². The van der Waals surface area contributed by atoms with Crippen LogP contribution in [0.1, 0.15) is 402 Å². The Bertz CT molecular complexity index is 1920. The van der Waals surface area contributed by atoms with Crippen molar-refractivity contribution in [2.45, 2.75) is 420 Å². The molecular weight excluding hydrogens is 1280 g/mol. The summed E-state index contributed by atoms with van der Waals surface area (Å²) in [6.07, 6.45) is 54.1. The summed E-state index contributed by atoms with van der Waals surface area (Å²) in [5.41, 5.74) is 0. The van der Waals surface area contributed by atoms with Crippen LogP contribution in [0.5, 0.6) is 0 Å². The minimum Gasteiger partial charge on any atom is -0.462 e. The van der Waals surface area contributed by atoms with Crippen LogP contribution < -0.4 is 0 Å². The lowest BCUT2D eigenvalue weighted by molar-refractivity contribution is -0.161. The first-order valence-electron chi connectivity index (χ1n) is 40.7. The van der Waals surface area contributed by atoms with Crippen molar-refractivity contribution in [1.29, 1.82) is 0 Å². The second-order valence-electron chi connectivity index (χ2n) is 30.1. The van der Waals surface area contributed by atoms with Crippen molar-refractivity contribution in [2.24, 2.45) is 23.7 Å². The Morgan fingerprint density at radius 2 is 0.490 bits per heavy atom. The summed E-state index contributed by atoms with van der Waals surface area (Å²) in [7, 11) is -9.92. The van der Waals surface area contributed by atoms with Crippen molar-refractivity contribution >= 4 is 39.5 Å². The zero-order chi connectivity index (χ0) is 72.4. The Balaban J connectivity index is 5.22. The Hall–Kier alpha value is -1.94. The molecule has 582 valence electrons. The van der Waals surface area contributed by atoms with E-state index in [1.54, 1.807) is 0 Å². The molecular formula is C79H154O17P2. The van der Waals surface area contributed by atoms with Gasteiger partial charge >= 0.3 is 39.5 Å². The number of carbonyl (C=O) groups is 4. The fourth-order valence-corrected chi connectivity index (χ4v) is 13.6. The van der Waals surface area contributed by atoms with Gasteiger partial charge in [0.15, 0.2) is 12.2 Å². The smallest absolute Gasteiger partial charge is 0.462 e. The largest absolute Gasteiger partial charge is 0.472 e. The van der Waals surface area contributed by atoms with E-state index in [-0.39, 0.29) is 25.7 Å². The molecule has 6 atom stereocenters. The summed E-state index contributed by atoms with van der Waals surface area (Å²) in [6.45, 7) is 14.2. The van der Waals surface area contributed by atoms with Gasteiger partial charge in [-0.3, -0.25) is 37.3 Å². The van der Waals surface area contributed by atoms with E-state index in [0.29, 0.717) is 25.7 Å². The predicted octanol–water partition coefficient (Wildman–Crippen LogP) is 23.2. The number of phosphoric acid groups is 2. The lowest BCUT2D eigenvalue weighted by Gasteiger charge is -2.21. The second kappa shape index (κ2) is 68.2. The molecule has 0 amide bonds. The minimum absolute atomic E-state index is 0.106. The summed E-state index contributed by atoms with van der Waals surface area (Å²) in [6, 6.07) is 0. The van der Waals surface area contributed by atoms with E-state index in [1.807, 2.05) is 0 Å². The molecule has 0 heterocycles. The molecule has 0 aromatic carbocycles. The molecule has 0 fully saturated rings. The molecule has 0 aliphatic rings. The maximum atomic E-state index is 13.1. The molecule has 17 nitrogen and oxygen atoms in total. The maximum absolute atomic E-state index is 13.1. The Labute approximate surface area is 600 Å². The number of unbranched alkanes of at least 4 members (excludes halogenated alkanes) is 41. The van der Waals surface area contributed by atoms with E-state index >= 15 is 0 Å². The van der Waals surface area contributed by atoms with Gasteiger partial charge < -0.3 is 33.8 Å². The summed E-state index contributed by atoms with van der Waals surface area (Å²) in [5, 5.41) is 10.6. The van der Waals surface area contributed by atoms with Crippen LogP contribution in [-0.4, -0.2) is 96.7 Å². The quantitative estimate of drug-likeness (QED) is 0.0222. The number of carbonyl (C=O) groups excluding carboxylic acids is 4. The predicted molar refractivity (Wildman–Crippen MR) is 400 cm³/mol. The molecule has 0 rings (SSSR count). The third kappa shape index (κ3) is 71.1. The highest BCUT2D eigenvalue weighted by atomic mass is 31.2. The average Bonchev–Trinajstić information content (AvgIpc) is 1.17. The highest BCUT2D eigenvalue weighted by molar-refractivity contribution is 7.47. The van der Waals surface area contributed by atoms with E-state index in [9.17, 15) is 43.2 Å². The molecule has 0 saturated carbocycles. The van der Waals surface area contributed by atoms with Crippen LogP contribution in [0.2, 0.25) is 0 Å². The highest BCUT2D eigenvalue weighted by Gasteiger charge is 2.30. The second-order valence-corrected chi connectivity index (χ2v) is 33.0. The lowest BCUT2D eigenvalue weighted by Crippen LogP contribution is -2.30. The molecule has 0 aliphatic carbocycles. The molecule has 0 spiro atoms. The van der Waals surface area contributed by atoms with Crippen molar-refractivity contribution in [3.05, 3.63) is 0 Å². The lowest BCUT2D eigenvalue weighted by atomic mass is 10.00. The molecule has 98 heavy (non-hydrogen) atoms. The SMILES string of the molecule is CCC(C)CCCCCCCCC(=O)OC[C@H](COP(=O)(O)OC[C@H](O)COP(=O)(O)OC[C@@H](COC(=O)CCCCCCCCCCCCCCCC(C)C)OC(=O)CCCCCCCCCCCCC(C)C)OC(=O)CCCCCCCCCCCCCCCCCCC(C)C. The van der Waals surface area contributed by atoms with Crippen molar-refractivity contribution in [2.75, 3.05) is 39.6 Å². The Morgan fingerprint density at radius 3 is 0.724 bits per heavy atom. The molecule has 0 bridgehead atoms. The van der Waals surface area contributed by atoms with Crippen molar-refractivity contribution in [3.8, 4) is 0 Å². The van der Waals surface area contributed by atoms with Crippen LogP contribution in [0, 0.1) is 23.7 Å². The van der Waals surface area contributed by atoms with Crippen molar-refractivity contribution < 1.29 is 80.2 Å². The van der Waals surface area contributed by atoms with Gasteiger partial charge in [0.25, 0.3) is 0 Å². The molecule has 0 aromatic heterocycles. The van der Waals surface area contributed by atoms with Crippen LogP contribution >= 0.6 is 15.6 Å². The third-order valence-electron chi connectivity index (χ3n) is 18.7. The number of phosphoric ester groups is 2. The molecule has 0 saturated heterocycles. The van der Waals surface area contributed by atoms with Crippen molar-refractivity contribution in [3.63, 3.8) is 0 Å². The molecule has 3 N–H and O–H groups in total. The minimum atomic E-state index is -4.96. The van der Waals surface area contributed by atoms with Crippen LogP contribution in [0.3, 0.4) is 0 Å². The summed E-state index contributed by atoms with van der Waals surface area (Å²) in [4.78, 5) is 72.9. The van der Waals surface area contributed by atoms with Gasteiger partial charge in [0, 0.05) is 25.7 Å². The Morgan fingerprint density at radius 1 is 0.286 bits per heavy atom. The topological polar surface area (TPSA) is 237 Å². The molecule has 0 aliphatic heterocycles. The van der Waals surface area contributed by atoms with Gasteiger partial charge in [-0.05, 0) is 49.4 Å². The highest BCUT2D eigenvalue weighted by Crippen LogP contribution is 2.45. The summed E-state index contributed by atoms with van der Waals surface area (Å²) >= 11 is 0. The number of hydrogen-bond acceptors (Lipinski definition) is 15. The number of aliphatic hydroxyl groups is 1. The maximum Gasteiger partial charge on any atom is 0.472 e. The fourth-order valence-electron chi connectivity index (χ4n) is 12.0. The van der Waals surface area contributed by atoms with Gasteiger partial charge in [-0.1, -0.05) is 351 Å². The normalized spacial score (nSPS) is 14.3. The number of aliphatic hydroxyl groups excluding tert-OH is 1. The number of rotatable bonds is 76. The molecule has 0 radical (unpaired) electrons. The van der Waals surface area contributed by atoms with E-state index in [2.05, 4.69) is 55.4 Å². The zero-order valence-corrected chi connectivity index (χ0v) is 66.2. The van der Waals surface area contributed by atoms with Gasteiger partial charge in [-0.25, -0.2) is 9.13 Å². The van der Waals surface area contributed by atoms with Crippen LogP contribution in [-0.2, 0) is 65.4 Å². The van der Waals surface area contributed by atoms with Gasteiger partial charge in [-0.15, -0.1) is 0 Å². The first-order valence-corrected chi connectivity index (χ1v) is 43.7. The van der Waals surface area contributed by atoms with E-state index in [0.717, 1.165) is 120 Å². The summed E-state index contributed by atoms with van der Waals surface area (Å²) in [5.74, 6) is 0.966. The van der Waals surface area contributed by atoms with Gasteiger partial charge in [-0.2, -0.15) is 0 Å². The van der Waals surface area contributed by atoms with Gasteiger partial charge in [0.2, 0.25) is 0 Å². The zero-order valence-electron chi connectivity index (χ0n) is 64.4. The van der Waals surface area contributed by atoms with Crippen molar-refractivity contribution in [1.82, 2.24) is 0 Å². The third-order valence-corrected chi connectivity index (χ3v) is 20.6. The van der Waals surface area contributed by atoms with E-state index in [4.69, 9.17) is 37.0 Å².